The molecule has 0 radical (unpaired) electrons. The van der Waals surface area contributed by atoms with E-state index in [2.05, 4.69) is 55.4 Å². The molecule has 2 heteroatoms. The van der Waals surface area contributed by atoms with Crippen molar-refractivity contribution in [1.29, 1.82) is 0 Å². The summed E-state index contributed by atoms with van der Waals surface area (Å²) in [6.07, 6.45) is 2.21. The first kappa shape index (κ1) is 9.66. The number of benzene rings is 1. The minimum Gasteiger partial charge on any atom is -0.347 e. The van der Waals surface area contributed by atoms with Crippen LogP contribution >= 0.6 is 12.6 Å². The molecule has 1 heterocycles. The van der Waals surface area contributed by atoms with Gasteiger partial charge < -0.3 is 4.57 Å². The van der Waals surface area contributed by atoms with Crippen molar-refractivity contribution in [2.75, 3.05) is 0 Å². The van der Waals surface area contributed by atoms with E-state index in [9.17, 15) is 0 Å². The van der Waals surface area contributed by atoms with E-state index in [4.69, 9.17) is 0 Å². The predicted molar refractivity (Wildman–Crippen MR) is 65.0 cm³/mol. The Balaban J connectivity index is 2.82. The number of aromatic nitrogens is 1. The molecule has 2 rings (SSSR count). The molecule has 0 amide bonds. The van der Waals surface area contributed by atoms with Gasteiger partial charge in [-0.2, -0.15) is 12.6 Å². The lowest BCUT2D eigenvalue weighted by atomic mass is 10.1. The highest BCUT2D eigenvalue weighted by atomic mass is 32.1. The van der Waals surface area contributed by atoms with Gasteiger partial charge in [-0.1, -0.05) is 12.1 Å². The largest absolute Gasteiger partial charge is 0.347 e. The molecule has 74 valence electrons. The van der Waals surface area contributed by atoms with Crippen molar-refractivity contribution in [3.05, 3.63) is 35.5 Å². The summed E-state index contributed by atoms with van der Waals surface area (Å²) in [4.78, 5) is 0. The summed E-state index contributed by atoms with van der Waals surface area (Å²) in [5.41, 5.74) is 4.01. The summed E-state index contributed by atoms with van der Waals surface area (Å²) < 4.78 is 2.29. The van der Waals surface area contributed by atoms with E-state index in [1.807, 2.05) is 0 Å². The van der Waals surface area contributed by atoms with Gasteiger partial charge in [0.25, 0.3) is 0 Å². The second kappa shape index (κ2) is 3.70. The van der Waals surface area contributed by atoms with E-state index in [0.29, 0.717) is 0 Å². The van der Waals surface area contributed by atoms with E-state index in [1.54, 1.807) is 0 Å². The molecule has 0 saturated carbocycles. The normalized spacial score (nSPS) is 11.1. The standard InChI is InChI=1S/C12H15NS/c1-3-13-7-10(8-14)12-9(2)5-4-6-11(12)13/h4-7,14H,3,8H2,1-2H3. The number of hydrogen-bond acceptors (Lipinski definition) is 1. The zero-order valence-corrected chi connectivity index (χ0v) is 9.51. The molecule has 0 spiro atoms. The fraction of sp³-hybridized carbons (Fsp3) is 0.333. The molecule has 0 fully saturated rings. The Labute approximate surface area is 90.1 Å². The van der Waals surface area contributed by atoms with E-state index in [1.165, 1.54) is 22.0 Å². The summed E-state index contributed by atoms with van der Waals surface area (Å²) in [5.74, 6) is 0.814. The molecule has 0 saturated heterocycles. The highest BCUT2D eigenvalue weighted by Gasteiger charge is 2.07. The maximum atomic E-state index is 4.37. The maximum Gasteiger partial charge on any atom is 0.0486 e. The predicted octanol–water partition coefficient (Wildman–Crippen LogP) is 3.40. The molecule has 1 nitrogen and oxygen atoms in total. The van der Waals surface area contributed by atoms with Crippen molar-refractivity contribution >= 4 is 23.5 Å². The van der Waals surface area contributed by atoms with Crippen molar-refractivity contribution < 1.29 is 0 Å². The lowest BCUT2D eigenvalue weighted by Gasteiger charge is -2.01. The summed E-state index contributed by atoms with van der Waals surface area (Å²) in [7, 11) is 0. The van der Waals surface area contributed by atoms with Gasteiger partial charge in [0.05, 0.1) is 0 Å². The van der Waals surface area contributed by atoms with Gasteiger partial charge in [0, 0.05) is 29.4 Å². The van der Waals surface area contributed by atoms with Crippen LogP contribution in [0.15, 0.2) is 24.4 Å². The zero-order valence-electron chi connectivity index (χ0n) is 8.62. The first-order valence-electron chi connectivity index (χ1n) is 4.96. The van der Waals surface area contributed by atoms with Crippen LogP contribution in [0.25, 0.3) is 10.9 Å². The summed E-state index contributed by atoms with van der Waals surface area (Å²) >= 11 is 4.37. The van der Waals surface area contributed by atoms with Gasteiger partial charge >= 0.3 is 0 Å². The van der Waals surface area contributed by atoms with Crippen LogP contribution in [-0.4, -0.2) is 4.57 Å². The van der Waals surface area contributed by atoms with Crippen molar-refractivity contribution in [3.63, 3.8) is 0 Å². The smallest absolute Gasteiger partial charge is 0.0486 e. The van der Waals surface area contributed by atoms with Crippen molar-refractivity contribution in [1.82, 2.24) is 4.57 Å². The number of fused-ring (bicyclic) bond motifs is 1. The van der Waals surface area contributed by atoms with Crippen LogP contribution in [0.2, 0.25) is 0 Å². The fourth-order valence-electron chi connectivity index (χ4n) is 2.01. The monoisotopic (exact) mass is 205 g/mol. The van der Waals surface area contributed by atoms with Gasteiger partial charge in [-0.25, -0.2) is 0 Å². The SMILES string of the molecule is CCn1cc(CS)c2c(C)cccc21. The first-order valence-corrected chi connectivity index (χ1v) is 5.59. The highest BCUT2D eigenvalue weighted by molar-refractivity contribution is 7.79. The summed E-state index contributed by atoms with van der Waals surface area (Å²) in [6, 6.07) is 6.46. The molecule has 0 aliphatic rings. The Kier molecular flexibility index (Phi) is 2.55. The molecule has 0 atom stereocenters. The topological polar surface area (TPSA) is 4.93 Å². The molecule has 14 heavy (non-hydrogen) atoms. The van der Waals surface area contributed by atoms with Crippen molar-refractivity contribution in [2.24, 2.45) is 0 Å². The van der Waals surface area contributed by atoms with E-state index < -0.39 is 0 Å². The average Bonchev–Trinajstić information content (AvgIpc) is 2.57. The molecular weight excluding hydrogens is 190 g/mol. The van der Waals surface area contributed by atoms with Gasteiger partial charge in [-0.3, -0.25) is 0 Å². The molecular formula is C12H15NS. The Morgan fingerprint density at radius 2 is 2.14 bits per heavy atom. The molecule has 1 aromatic heterocycles. The molecule has 0 aliphatic carbocycles. The van der Waals surface area contributed by atoms with E-state index in [0.717, 1.165) is 12.3 Å². The average molecular weight is 205 g/mol. The molecule has 0 aliphatic heterocycles. The lowest BCUT2D eigenvalue weighted by Crippen LogP contribution is -1.90. The van der Waals surface area contributed by atoms with Crippen LogP contribution in [0.3, 0.4) is 0 Å². The Morgan fingerprint density at radius 1 is 1.36 bits per heavy atom. The molecule has 0 unspecified atom stereocenters. The van der Waals surface area contributed by atoms with E-state index in [-0.39, 0.29) is 0 Å². The molecule has 2 aromatic rings. The minimum absolute atomic E-state index is 0.814. The Hall–Kier alpha value is -0.890. The lowest BCUT2D eigenvalue weighted by molar-refractivity contribution is 0.795. The fourth-order valence-corrected chi connectivity index (χ4v) is 2.25. The van der Waals surface area contributed by atoms with E-state index >= 15 is 0 Å². The van der Waals surface area contributed by atoms with Crippen LogP contribution in [0, 0.1) is 6.92 Å². The quantitative estimate of drug-likeness (QED) is 0.717. The van der Waals surface area contributed by atoms with Gasteiger partial charge in [0.1, 0.15) is 0 Å². The third kappa shape index (κ3) is 1.34. The second-order valence-electron chi connectivity index (χ2n) is 3.57. The van der Waals surface area contributed by atoms with Gasteiger partial charge in [-0.05, 0) is 31.0 Å². The van der Waals surface area contributed by atoms with Crippen LogP contribution in [-0.2, 0) is 12.3 Å². The third-order valence-corrected chi connectivity index (χ3v) is 3.04. The number of thiol groups is 1. The van der Waals surface area contributed by atoms with Crippen LogP contribution in [0.1, 0.15) is 18.1 Å². The number of hydrogen-bond donors (Lipinski definition) is 1. The third-order valence-electron chi connectivity index (χ3n) is 2.70. The van der Waals surface area contributed by atoms with Crippen molar-refractivity contribution in [3.8, 4) is 0 Å². The Bertz CT molecular complexity index is 457. The van der Waals surface area contributed by atoms with Crippen LogP contribution < -0.4 is 0 Å². The Morgan fingerprint density at radius 3 is 2.79 bits per heavy atom. The molecule has 1 aromatic carbocycles. The van der Waals surface area contributed by atoms with Gasteiger partial charge in [-0.15, -0.1) is 0 Å². The molecule has 0 bridgehead atoms. The van der Waals surface area contributed by atoms with Gasteiger partial charge in [0.15, 0.2) is 0 Å². The number of nitrogens with zero attached hydrogens (tertiary/aromatic N) is 1. The number of rotatable bonds is 2. The summed E-state index contributed by atoms with van der Waals surface area (Å²) in [5, 5.41) is 1.38. The summed E-state index contributed by atoms with van der Waals surface area (Å²) in [6.45, 7) is 5.35. The highest BCUT2D eigenvalue weighted by Crippen LogP contribution is 2.25. The van der Waals surface area contributed by atoms with Crippen molar-refractivity contribution in [2.45, 2.75) is 26.1 Å². The maximum absolute atomic E-state index is 4.37. The van der Waals surface area contributed by atoms with Gasteiger partial charge in [0.2, 0.25) is 0 Å². The van der Waals surface area contributed by atoms with Crippen LogP contribution in [0.5, 0.6) is 0 Å². The second-order valence-corrected chi connectivity index (χ2v) is 3.88. The zero-order chi connectivity index (χ0) is 10.1. The first-order chi connectivity index (χ1) is 6.77. The molecule has 0 N–H and O–H groups in total. The minimum atomic E-state index is 0.814. The number of aryl methyl sites for hydroxylation is 2. The van der Waals surface area contributed by atoms with Crippen LogP contribution in [0.4, 0.5) is 0 Å².